The second kappa shape index (κ2) is 59.9. The summed E-state index contributed by atoms with van der Waals surface area (Å²) >= 11 is 4.64. The van der Waals surface area contributed by atoms with Crippen LogP contribution in [0.3, 0.4) is 0 Å². The Labute approximate surface area is 667 Å². The van der Waals surface area contributed by atoms with Gasteiger partial charge < -0.3 is 130 Å². The molecule has 15 rings (SSSR count). The number of hydrogen-bond acceptors (Lipinski definition) is 30. The van der Waals surface area contributed by atoms with Crippen molar-refractivity contribution in [3.8, 4) is 0 Å². The third-order valence-corrected chi connectivity index (χ3v) is 21.1. The fourth-order valence-electron chi connectivity index (χ4n) is 15.1. The third-order valence-electron chi connectivity index (χ3n) is 21.1. The average Bonchev–Trinajstić information content (AvgIpc) is 1.64. The molecule has 15 aliphatic heterocycles. The van der Waals surface area contributed by atoms with Crippen LogP contribution in [-0.4, -0.2) is 511 Å². The number of methoxy groups -OCH3 is 3. The van der Waals surface area contributed by atoms with E-state index in [-0.39, 0.29) is 79.1 Å². The number of nitrogens with one attached hydrogen (secondary N) is 5. The molecule has 0 saturated carbocycles. The summed E-state index contributed by atoms with van der Waals surface area (Å²) < 4.78 is 41.9. The molecule has 14 saturated heterocycles. The zero-order chi connectivity index (χ0) is 76.2. The number of epoxide rings is 1. The summed E-state index contributed by atoms with van der Waals surface area (Å²) in [7, 11) is 28.5. The van der Waals surface area contributed by atoms with Crippen LogP contribution < -0.4 is 56.1 Å². The number of piperidine rings is 1. The van der Waals surface area contributed by atoms with Crippen LogP contribution in [0.4, 0.5) is 0 Å². The summed E-state index contributed by atoms with van der Waals surface area (Å²) in [6, 6.07) is 3.72. The molecule has 0 radical (unpaired) electrons. The van der Waals surface area contributed by atoms with Crippen molar-refractivity contribution in [1.82, 2.24) is 80.5 Å². The summed E-state index contributed by atoms with van der Waals surface area (Å²) in [5.74, 6) is 0.971. The molecule has 14 fully saturated rings. The summed E-state index contributed by atoms with van der Waals surface area (Å²) in [4.78, 5) is 25.5. The SMILES string of the molecule is C1CO[C@H]2CNC[C@@H]2N1.C1CO[C@H]2CNC[C@@H]2N1.CCl.CN1CC2CCCN(C)[C@H]2C1.CN1CC2OC2C1.CN1CC=CC1.CN1C[C@@H]2OCCN(C)[C@H]2C1.CN1C[C@@H]2[C@@H](C1)OCCN2C.CN1C[C@H](NCCO)[C@@H](O)C1.COC/C=C\COC.COCCN(C)[C@H]1CN(C)C[C@@H]1O.OC/C=C\CO.[Na+].[OH-]. The molecule has 620 valence electrons. The number of morpholine rings is 5. The molecule has 0 amide bonds. The molecule has 11 N–H and O–H groups in total. The Kier molecular flexibility index (Phi) is 57.3. The van der Waals surface area contributed by atoms with Crippen LogP contribution in [0.2, 0.25) is 0 Å². The summed E-state index contributed by atoms with van der Waals surface area (Å²) in [6.45, 7) is 32.1. The Hall–Kier alpha value is -0.690. The van der Waals surface area contributed by atoms with Crippen molar-refractivity contribution in [2.45, 2.75) is 104 Å². The standard InChI is InChI=1S/C9H20N2O2.C9H18N2.2C8H16N2O.C7H16N2O2.2C6H12N2O.C6H12O2.C5H9NO.C5H9N.C4H8O2.CH3Cl.Na.H2O/c1-10-6-8(9(12)7-10)11(2)4-5-13-3;1-10-6-8-4-3-5-11(2)9(8)7-10;2*1-9-5-7-8(6-9)11-4-3-10(7)2;1-9-4-6(7(11)5-9)8-2-3-10;2*1-2-9-6-4-7-3-5(6)8-1;1-7-5-3-4-6-8-2;1-6-2-4-5(3-6)7-4;1-6-4-2-3-5-6;5-3-1-2-4-6;1-2;;/h8-9,12H,4-7H2,1-3H3;8-9H,3-7H2,1-2H3;2*7-8H,3-6H2,1-2H3;6-8,10-11H,2-5H2,1H3;2*5-8H,1-4H2;3-4H,5-6H2,1-2H3;4-5H,2-3H2,1H3;2-3H,4-5H2,1H3;1-2,5-6H,3-4H2;1H3;;1H2/q;;;;;;;;;;;;+1;/p-1/b;;;;;;;4-3-;;;2-1-;;;/t8-,9-;8?,9-;2*7-,8-;6-,7-;2*5-,6-;;;;;;;/m0010000......./s1. The number of hydrogen-bond donors (Lipinski definition) is 10. The number of aliphatic hydroxyl groups is 5. The molecule has 0 aromatic rings. The number of rotatable bonds is 13. The van der Waals surface area contributed by atoms with Crippen molar-refractivity contribution < 1.29 is 98.5 Å². The van der Waals surface area contributed by atoms with Crippen LogP contribution in [0.1, 0.15) is 12.8 Å². The normalized spacial score (nSPS) is 33.1. The van der Waals surface area contributed by atoms with Gasteiger partial charge in [-0.1, -0.05) is 36.5 Å². The van der Waals surface area contributed by atoms with Gasteiger partial charge in [-0.3, -0.25) is 19.6 Å². The Morgan fingerprint density at radius 3 is 1.34 bits per heavy atom. The fraction of sp³-hybridized carbons (Fsp3) is 0.919. The number of ether oxygens (including phenoxy) is 8. The minimum atomic E-state index is -0.286. The number of alkyl halides is 1. The molecular formula is C74H152ClN16NaO14. The molecule has 3 unspecified atom stereocenters. The topological polar surface area (TPSA) is 304 Å². The van der Waals surface area contributed by atoms with Crippen molar-refractivity contribution in [1.29, 1.82) is 0 Å². The van der Waals surface area contributed by atoms with Crippen molar-refractivity contribution in [3.63, 3.8) is 0 Å². The Bertz CT molecular complexity index is 2060. The van der Waals surface area contributed by atoms with E-state index in [0.29, 0.717) is 80.5 Å². The Morgan fingerprint density at radius 2 is 0.953 bits per heavy atom. The molecule has 0 aromatic carbocycles. The van der Waals surface area contributed by atoms with E-state index in [9.17, 15) is 10.2 Å². The van der Waals surface area contributed by atoms with E-state index >= 15 is 0 Å². The Morgan fingerprint density at radius 1 is 0.509 bits per heavy atom. The van der Waals surface area contributed by atoms with Gasteiger partial charge in [-0.05, 0) is 103 Å². The number of β-amino-alcohol motifs (C(OH)–C–C–N with tert-alkyl or cyclic N) is 2. The van der Waals surface area contributed by atoms with Crippen LogP contribution >= 0.6 is 11.6 Å². The van der Waals surface area contributed by atoms with Crippen LogP contribution in [0.5, 0.6) is 0 Å². The second-order valence-corrected chi connectivity index (χ2v) is 30.0. The van der Waals surface area contributed by atoms with E-state index in [2.05, 4.69) is 161 Å². The molecule has 32 heteroatoms. The van der Waals surface area contributed by atoms with Crippen LogP contribution in [0.15, 0.2) is 36.5 Å². The maximum absolute atomic E-state index is 9.70. The fourth-order valence-corrected chi connectivity index (χ4v) is 15.1. The minimum absolute atomic E-state index is 0. The quantitative estimate of drug-likeness (QED) is 0.0355. The minimum Gasteiger partial charge on any atom is -0.870 e. The van der Waals surface area contributed by atoms with Gasteiger partial charge in [-0.15, -0.1) is 11.6 Å². The number of likely N-dealkylation sites (tertiary alicyclic amines) is 7. The average molecular weight is 1550 g/mol. The smallest absolute Gasteiger partial charge is 0.870 e. The number of nitrogens with zero attached hydrogens (tertiary/aromatic N) is 11. The molecule has 15 aliphatic rings. The number of aliphatic hydroxyl groups excluding tert-OH is 5. The molecule has 0 spiro atoms. The maximum atomic E-state index is 9.70. The molecule has 0 bridgehead atoms. The first-order valence-electron chi connectivity index (χ1n) is 38.5. The molecule has 106 heavy (non-hydrogen) atoms. The monoisotopic (exact) mass is 1550 g/mol. The third kappa shape index (κ3) is 40.1. The van der Waals surface area contributed by atoms with Crippen LogP contribution in [-0.2, 0) is 37.9 Å². The number of fused-ring (bicyclic) bond motifs is 6. The van der Waals surface area contributed by atoms with E-state index in [1.807, 2.05) is 33.3 Å². The zero-order valence-electron chi connectivity index (χ0n) is 68.6. The van der Waals surface area contributed by atoms with E-state index in [0.717, 1.165) is 169 Å². The van der Waals surface area contributed by atoms with Crippen LogP contribution in [0, 0.1) is 5.92 Å². The van der Waals surface area contributed by atoms with Crippen LogP contribution in [0.25, 0.3) is 0 Å². The van der Waals surface area contributed by atoms with Gasteiger partial charge in [-0.2, -0.15) is 0 Å². The predicted octanol–water partition coefficient (Wildman–Crippen LogP) is -6.49. The van der Waals surface area contributed by atoms with Crippen molar-refractivity contribution in [3.05, 3.63) is 36.5 Å². The van der Waals surface area contributed by atoms with Gasteiger partial charge in [-0.25, -0.2) is 0 Å². The molecule has 16 atom stereocenters. The molecule has 0 aromatic heterocycles. The van der Waals surface area contributed by atoms with Gasteiger partial charge in [0, 0.05) is 227 Å². The molecule has 15 heterocycles. The Balaban J connectivity index is 0.000000397. The maximum Gasteiger partial charge on any atom is 1.00 e. The van der Waals surface area contributed by atoms with Gasteiger partial charge >= 0.3 is 29.6 Å². The summed E-state index contributed by atoms with van der Waals surface area (Å²) in [5, 5.41) is 60.0. The molecular weight excluding hydrogens is 1400 g/mol. The largest absolute Gasteiger partial charge is 1.00 e. The summed E-state index contributed by atoms with van der Waals surface area (Å²) in [5.41, 5.74) is 0. The zero-order valence-corrected chi connectivity index (χ0v) is 71.4. The van der Waals surface area contributed by atoms with Gasteiger partial charge in [0.2, 0.25) is 0 Å². The van der Waals surface area contributed by atoms with E-state index in [1.54, 1.807) is 21.3 Å². The number of likely N-dealkylation sites (N-methyl/N-ethyl adjacent to an activating group) is 11. The van der Waals surface area contributed by atoms with E-state index in [4.69, 9.17) is 53.2 Å². The van der Waals surface area contributed by atoms with Gasteiger partial charge in [0.1, 0.15) is 0 Å². The van der Waals surface area contributed by atoms with Gasteiger partial charge in [0.05, 0.1) is 115 Å². The predicted molar refractivity (Wildman–Crippen MR) is 420 cm³/mol. The summed E-state index contributed by atoms with van der Waals surface area (Å²) in [6.07, 6.45) is 18.1. The van der Waals surface area contributed by atoms with E-state index < -0.39 is 0 Å². The van der Waals surface area contributed by atoms with Crippen molar-refractivity contribution >= 4 is 11.6 Å². The van der Waals surface area contributed by atoms with E-state index in [1.165, 1.54) is 64.1 Å². The second-order valence-electron chi connectivity index (χ2n) is 30.0. The van der Waals surface area contributed by atoms with Gasteiger partial charge in [0.25, 0.3) is 0 Å². The van der Waals surface area contributed by atoms with Crippen molar-refractivity contribution in [2.24, 2.45) is 5.92 Å². The molecule has 30 nitrogen and oxygen atoms in total. The first kappa shape index (κ1) is 101. The first-order chi connectivity index (χ1) is 50.2. The van der Waals surface area contributed by atoms with Gasteiger partial charge in [0.15, 0.2) is 0 Å². The molecule has 0 aliphatic carbocycles. The van der Waals surface area contributed by atoms with Crippen molar-refractivity contribution in [2.75, 3.05) is 335 Å². The first-order valence-corrected chi connectivity index (χ1v) is 39.3. The number of halogens is 1.